The number of benzene rings is 1. The maximum atomic E-state index is 13.4. The predicted octanol–water partition coefficient (Wildman–Crippen LogP) is 5.77. The van der Waals surface area contributed by atoms with Crippen molar-refractivity contribution in [3.05, 3.63) is 45.6 Å². The summed E-state index contributed by atoms with van der Waals surface area (Å²) in [7, 11) is 0. The standard InChI is InChI=1S/C15H12F9IO/c16-12(17,13(18,19)14(20,21)15(22,23)24)7-6-10(25)11(26)8-9-4-2-1-3-5-9/h1-6,11,26H,7-8H2/b10-6-. The van der Waals surface area contributed by atoms with Crippen molar-refractivity contribution >= 4 is 22.6 Å². The molecule has 1 aromatic carbocycles. The molecular formula is C15H12F9IO. The summed E-state index contributed by atoms with van der Waals surface area (Å²) in [5.74, 6) is -19.3. The van der Waals surface area contributed by atoms with Gasteiger partial charge < -0.3 is 5.11 Å². The van der Waals surface area contributed by atoms with E-state index in [0.29, 0.717) is 11.6 Å². The molecule has 0 spiro atoms. The van der Waals surface area contributed by atoms with Gasteiger partial charge in [-0.25, -0.2) is 0 Å². The summed E-state index contributed by atoms with van der Waals surface area (Å²) in [6.07, 6.45) is -10.1. The van der Waals surface area contributed by atoms with E-state index in [1.165, 1.54) is 22.6 Å². The molecule has 26 heavy (non-hydrogen) atoms. The van der Waals surface area contributed by atoms with Crippen LogP contribution < -0.4 is 0 Å². The molecule has 0 aliphatic heterocycles. The van der Waals surface area contributed by atoms with Gasteiger partial charge in [0.15, 0.2) is 0 Å². The number of allylic oxidation sites excluding steroid dienone is 1. The van der Waals surface area contributed by atoms with Crippen molar-refractivity contribution in [3.8, 4) is 0 Å². The Balaban J connectivity index is 2.92. The van der Waals surface area contributed by atoms with E-state index in [0.717, 1.165) is 0 Å². The number of hydrogen-bond acceptors (Lipinski definition) is 1. The number of aliphatic hydroxyl groups is 1. The summed E-state index contributed by atoms with van der Waals surface area (Å²) in [5, 5.41) is 9.82. The lowest BCUT2D eigenvalue weighted by molar-refractivity contribution is -0.395. The van der Waals surface area contributed by atoms with Crippen LogP contribution in [0.25, 0.3) is 0 Å². The van der Waals surface area contributed by atoms with Crippen molar-refractivity contribution in [1.82, 2.24) is 0 Å². The molecule has 0 heterocycles. The van der Waals surface area contributed by atoms with Gasteiger partial charge in [0.25, 0.3) is 0 Å². The monoisotopic (exact) mass is 506 g/mol. The maximum absolute atomic E-state index is 13.4. The average molecular weight is 506 g/mol. The van der Waals surface area contributed by atoms with Gasteiger partial charge in [-0.2, -0.15) is 39.5 Å². The molecule has 0 fully saturated rings. The van der Waals surface area contributed by atoms with Crippen molar-refractivity contribution in [2.45, 2.75) is 42.9 Å². The molecule has 1 unspecified atom stereocenters. The zero-order valence-corrected chi connectivity index (χ0v) is 14.8. The first kappa shape index (κ1) is 23.1. The van der Waals surface area contributed by atoms with Crippen LogP contribution in [-0.2, 0) is 6.42 Å². The Hall–Kier alpha value is -0.980. The fourth-order valence-electron chi connectivity index (χ4n) is 1.83. The second kappa shape index (κ2) is 7.95. The van der Waals surface area contributed by atoms with Gasteiger partial charge in [0.2, 0.25) is 0 Å². The molecule has 11 heteroatoms. The van der Waals surface area contributed by atoms with Crippen LogP contribution in [0.4, 0.5) is 39.5 Å². The maximum Gasteiger partial charge on any atom is 0.460 e. The molecule has 0 aliphatic rings. The lowest BCUT2D eigenvalue weighted by atomic mass is 10.00. The first-order valence-corrected chi connectivity index (χ1v) is 7.99. The number of halogens is 10. The molecule has 0 saturated heterocycles. The molecule has 1 nitrogen and oxygen atoms in total. The van der Waals surface area contributed by atoms with Crippen LogP contribution in [0.15, 0.2) is 40.0 Å². The van der Waals surface area contributed by atoms with Gasteiger partial charge in [-0.05, 0) is 28.2 Å². The van der Waals surface area contributed by atoms with E-state index < -0.39 is 36.5 Å². The third-order valence-electron chi connectivity index (χ3n) is 3.35. The summed E-state index contributed by atoms with van der Waals surface area (Å²) in [4.78, 5) is 0. The average Bonchev–Trinajstić information content (AvgIpc) is 2.52. The van der Waals surface area contributed by atoms with E-state index in [4.69, 9.17) is 0 Å². The molecule has 1 N–H and O–H groups in total. The van der Waals surface area contributed by atoms with Crippen molar-refractivity contribution < 1.29 is 44.6 Å². The molecule has 148 valence electrons. The minimum atomic E-state index is -6.91. The Morgan fingerprint density at radius 1 is 0.923 bits per heavy atom. The molecule has 0 radical (unpaired) electrons. The van der Waals surface area contributed by atoms with E-state index in [9.17, 15) is 44.6 Å². The van der Waals surface area contributed by atoms with Crippen LogP contribution in [0.5, 0.6) is 0 Å². The Morgan fingerprint density at radius 3 is 1.88 bits per heavy atom. The largest absolute Gasteiger partial charge is 0.460 e. The number of alkyl halides is 9. The van der Waals surface area contributed by atoms with Gasteiger partial charge in [0, 0.05) is 16.4 Å². The summed E-state index contributed by atoms with van der Waals surface area (Å²) in [6.45, 7) is 0. The van der Waals surface area contributed by atoms with Crippen molar-refractivity contribution in [1.29, 1.82) is 0 Å². The molecule has 0 saturated carbocycles. The normalized spacial score (nSPS) is 15.9. The number of aliphatic hydroxyl groups excluding tert-OH is 1. The van der Waals surface area contributed by atoms with E-state index in [-0.39, 0.29) is 10.0 Å². The molecular weight excluding hydrogens is 494 g/mol. The van der Waals surface area contributed by atoms with E-state index in [2.05, 4.69) is 0 Å². The molecule has 1 atom stereocenters. The van der Waals surface area contributed by atoms with Crippen LogP contribution in [-0.4, -0.2) is 35.2 Å². The lowest BCUT2D eigenvalue weighted by Crippen LogP contribution is -2.60. The van der Waals surface area contributed by atoms with Gasteiger partial charge in [-0.1, -0.05) is 36.4 Å². The van der Waals surface area contributed by atoms with Crippen molar-refractivity contribution in [2.24, 2.45) is 0 Å². The fourth-order valence-corrected chi connectivity index (χ4v) is 2.27. The van der Waals surface area contributed by atoms with E-state index in [1.54, 1.807) is 30.3 Å². The van der Waals surface area contributed by atoms with Crippen LogP contribution in [0.2, 0.25) is 0 Å². The zero-order chi connectivity index (χ0) is 20.4. The lowest BCUT2D eigenvalue weighted by Gasteiger charge is -2.33. The molecule has 1 aromatic rings. The predicted molar refractivity (Wildman–Crippen MR) is 83.8 cm³/mol. The Morgan fingerprint density at radius 2 is 1.42 bits per heavy atom. The zero-order valence-electron chi connectivity index (χ0n) is 12.7. The highest BCUT2D eigenvalue weighted by Crippen LogP contribution is 2.54. The minimum Gasteiger partial charge on any atom is -0.388 e. The van der Waals surface area contributed by atoms with E-state index in [1.807, 2.05) is 0 Å². The Labute approximate surface area is 156 Å². The highest BCUT2D eigenvalue weighted by molar-refractivity contribution is 14.1. The van der Waals surface area contributed by atoms with Crippen molar-refractivity contribution in [3.63, 3.8) is 0 Å². The summed E-state index contributed by atoms with van der Waals surface area (Å²) < 4.78 is 114. The fraction of sp³-hybridized carbons (Fsp3) is 0.467. The second-order valence-electron chi connectivity index (χ2n) is 5.35. The summed E-state index contributed by atoms with van der Waals surface area (Å²) >= 11 is 1.32. The number of rotatable bonds is 7. The second-order valence-corrected chi connectivity index (χ2v) is 6.60. The summed E-state index contributed by atoms with van der Waals surface area (Å²) in [5.41, 5.74) is 0.572. The van der Waals surface area contributed by atoms with Crippen LogP contribution >= 0.6 is 22.6 Å². The summed E-state index contributed by atoms with van der Waals surface area (Å²) in [6, 6.07) is 8.07. The first-order valence-electron chi connectivity index (χ1n) is 6.91. The highest BCUT2D eigenvalue weighted by Gasteiger charge is 2.81. The third-order valence-corrected chi connectivity index (χ3v) is 4.51. The molecule has 0 aliphatic carbocycles. The van der Waals surface area contributed by atoms with Crippen LogP contribution in [0.3, 0.4) is 0 Å². The Kier molecular flexibility index (Phi) is 7.05. The number of hydrogen-bond donors (Lipinski definition) is 1. The van der Waals surface area contributed by atoms with E-state index >= 15 is 0 Å². The molecule has 0 aromatic heterocycles. The van der Waals surface area contributed by atoms with Gasteiger partial charge in [0.05, 0.1) is 6.10 Å². The Bertz CT molecular complexity index is 626. The van der Waals surface area contributed by atoms with Gasteiger partial charge in [0.1, 0.15) is 0 Å². The minimum absolute atomic E-state index is 0.0870. The quantitative estimate of drug-likeness (QED) is 0.368. The van der Waals surface area contributed by atoms with Crippen molar-refractivity contribution in [2.75, 3.05) is 0 Å². The topological polar surface area (TPSA) is 20.2 Å². The van der Waals surface area contributed by atoms with Crippen LogP contribution in [0, 0.1) is 0 Å². The molecule has 0 amide bonds. The first-order chi connectivity index (χ1) is 11.6. The highest BCUT2D eigenvalue weighted by atomic mass is 127. The van der Waals surface area contributed by atoms with Gasteiger partial charge >= 0.3 is 23.9 Å². The molecule has 1 rings (SSSR count). The third kappa shape index (κ3) is 4.84. The van der Waals surface area contributed by atoms with Gasteiger partial charge in [-0.15, -0.1) is 0 Å². The molecule has 0 bridgehead atoms. The smallest absolute Gasteiger partial charge is 0.388 e. The SMILES string of the molecule is OC(Cc1ccccc1)/C(I)=C/CC(F)(F)C(F)(F)C(F)(F)C(F)(F)F. The van der Waals surface area contributed by atoms with Crippen LogP contribution in [0.1, 0.15) is 12.0 Å². The van der Waals surface area contributed by atoms with Gasteiger partial charge in [-0.3, -0.25) is 0 Å².